The van der Waals surface area contributed by atoms with Crippen LogP contribution in [-0.4, -0.2) is 55.8 Å². The molecule has 2 aliphatic rings. The van der Waals surface area contributed by atoms with Crippen molar-refractivity contribution in [2.45, 2.75) is 62.6 Å². The molecule has 7 heteroatoms. The minimum Gasteiger partial charge on any atom is -0.469 e. The molecule has 0 aliphatic heterocycles. The maximum atomic E-state index is 12.1. The molecule has 0 aromatic rings. The fourth-order valence-electron chi connectivity index (χ4n) is 3.38. The highest BCUT2D eigenvalue weighted by Gasteiger charge is 2.25. The molecule has 0 saturated heterocycles. The van der Waals surface area contributed by atoms with Crippen molar-refractivity contribution in [1.82, 2.24) is 0 Å². The monoisotopic (exact) mass is 436 g/mol. The van der Waals surface area contributed by atoms with Crippen LogP contribution in [0.3, 0.4) is 0 Å². The van der Waals surface area contributed by atoms with Crippen molar-refractivity contribution in [2.75, 3.05) is 12.9 Å². The molecule has 0 aromatic carbocycles. The van der Waals surface area contributed by atoms with Crippen molar-refractivity contribution in [3.8, 4) is 0 Å². The van der Waals surface area contributed by atoms with Gasteiger partial charge in [-0.2, -0.15) is 0 Å². The van der Waals surface area contributed by atoms with Crippen molar-refractivity contribution >= 4 is 16.6 Å². The lowest BCUT2D eigenvalue weighted by molar-refractivity contribution is -0.115. The number of ketones is 1. The van der Waals surface area contributed by atoms with Crippen LogP contribution in [0.15, 0.2) is 59.4 Å². The Morgan fingerprint density at radius 2 is 2.13 bits per heavy atom. The first-order chi connectivity index (χ1) is 14.4. The molecule has 0 radical (unpaired) electrons. The summed E-state index contributed by atoms with van der Waals surface area (Å²) in [4.78, 5) is 11.8. The summed E-state index contributed by atoms with van der Waals surface area (Å²) in [6, 6.07) is 0. The third-order valence-electron chi connectivity index (χ3n) is 5.06. The molecule has 30 heavy (non-hydrogen) atoms. The summed E-state index contributed by atoms with van der Waals surface area (Å²) in [5.74, 6) is 0.701. The van der Waals surface area contributed by atoms with E-state index in [0.29, 0.717) is 43.4 Å². The van der Waals surface area contributed by atoms with Gasteiger partial charge in [-0.05, 0) is 42.9 Å². The van der Waals surface area contributed by atoms with Crippen LogP contribution < -0.4 is 0 Å². The van der Waals surface area contributed by atoms with Gasteiger partial charge in [0.2, 0.25) is 0 Å². The number of carbonyl (C=O) groups excluding carboxylic acids is 1. The highest BCUT2D eigenvalue weighted by atomic mass is 32.2. The van der Waals surface area contributed by atoms with E-state index in [1.54, 1.807) is 24.5 Å². The fraction of sp³-hybridized carbons (Fsp3) is 0.522. The summed E-state index contributed by atoms with van der Waals surface area (Å²) < 4.78 is 17.7. The quantitative estimate of drug-likeness (QED) is 0.406. The molecular weight excluding hydrogens is 404 g/mol. The number of hydrogen-bond donors (Lipinski definition) is 3. The maximum Gasteiger partial charge on any atom is 0.198 e. The van der Waals surface area contributed by atoms with Crippen molar-refractivity contribution < 1.29 is 29.1 Å². The van der Waals surface area contributed by atoms with Gasteiger partial charge in [-0.3, -0.25) is 9.00 Å². The van der Waals surface area contributed by atoms with Crippen molar-refractivity contribution in [2.24, 2.45) is 0 Å². The Morgan fingerprint density at radius 3 is 2.80 bits per heavy atom. The Labute approximate surface area is 180 Å². The number of hydrogen-bond acceptors (Lipinski definition) is 6. The van der Waals surface area contributed by atoms with Crippen LogP contribution >= 0.6 is 0 Å². The molecule has 0 bridgehead atoms. The normalized spacial score (nSPS) is 22.1. The zero-order valence-electron chi connectivity index (χ0n) is 17.4. The number of Topliss-reactive ketones (excluding diaryl/α,β-unsaturated/α-hetero) is 1. The molecule has 4 unspecified atom stereocenters. The second-order valence-electron chi connectivity index (χ2n) is 7.55. The summed E-state index contributed by atoms with van der Waals surface area (Å²) in [7, 11) is -1.19. The molecule has 4 atom stereocenters. The predicted octanol–water partition coefficient (Wildman–Crippen LogP) is 2.60. The van der Waals surface area contributed by atoms with Crippen molar-refractivity contribution in [3.63, 3.8) is 0 Å². The molecule has 0 saturated carbocycles. The highest BCUT2D eigenvalue weighted by Crippen LogP contribution is 2.25. The molecule has 2 aliphatic carbocycles. The molecule has 166 valence electrons. The van der Waals surface area contributed by atoms with Gasteiger partial charge in [-0.25, -0.2) is 0 Å². The summed E-state index contributed by atoms with van der Waals surface area (Å²) in [5, 5.41) is 28.6. The molecule has 6 nitrogen and oxygen atoms in total. The van der Waals surface area contributed by atoms with Crippen LogP contribution in [0, 0.1) is 0 Å². The first-order valence-corrected chi connectivity index (χ1v) is 11.9. The largest absolute Gasteiger partial charge is 0.469 e. The molecule has 0 spiro atoms. The van der Waals surface area contributed by atoms with Gasteiger partial charge in [-0.15, -0.1) is 0 Å². The molecule has 3 N–H and O–H groups in total. The van der Waals surface area contributed by atoms with E-state index in [-0.39, 0.29) is 24.1 Å². The van der Waals surface area contributed by atoms with Crippen LogP contribution in [-0.2, 0) is 20.3 Å². The van der Waals surface area contributed by atoms with Crippen LogP contribution in [0.5, 0.6) is 0 Å². The third-order valence-corrected chi connectivity index (χ3v) is 6.36. The lowest BCUT2D eigenvalue weighted by Gasteiger charge is -2.22. The molecule has 2 rings (SSSR count). The predicted molar refractivity (Wildman–Crippen MR) is 118 cm³/mol. The molecule has 0 aromatic heterocycles. The lowest BCUT2D eigenvalue weighted by atomic mass is 10.0. The lowest BCUT2D eigenvalue weighted by Crippen LogP contribution is -2.25. The average Bonchev–Trinajstić information content (AvgIpc) is 3.10. The first kappa shape index (κ1) is 24.5. The average molecular weight is 437 g/mol. The van der Waals surface area contributed by atoms with Crippen LogP contribution in [0.1, 0.15) is 44.9 Å². The number of ether oxygens (including phenoxy) is 1. The van der Waals surface area contributed by atoms with Crippen LogP contribution in [0.4, 0.5) is 0 Å². The number of allylic oxidation sites excluding steroid dienone is 8. The Hall–Kier alpha value is -1.80. The van der Waals surface area contributed by atoms with E-state index >= 15 is 0 Å². The minimum absolute atomic E-state index is 0.0585. The van der Waals surface area contributed by atoms with E-state index in [0.717, 1.165) is 12.0 Å². The topological polar surface area (TPSA) is 104 Å². The Balaban J connectivity index is 1.86. The van der Waals surface area contributed by atoms with Gasteiger partial charge >= 0.3 is 0 Å². The van der Waals surface area contributed by atoms with Crippen molar-refractivity contribution in [3.05, 3.63) is 59.4 Å². The van der Waals surface area contributed by atoms with Gasteiger partial charge in [0.15, 0.2) is 12.1 Å². The number of rotatable bonds is 12. The SMILES string of the molecule is CS(=O)C(CC1=CCCC1=O)CC(O)OC1=CC=CC(=CC=CC(O)CCCO)C1. The Bertz CT molecular complexity index is 762. The number of carbonyl (C=O) groups is 1. The highest BCUT2D eigenvalue weighted by molar-refractivity contribution is 7.84. The second kappa shape index (κ2) is 12.8. The smallest absolute Gasteiger partial charge is 0.198 e. The molecule has 0 fully saturated rings. The van der Waals surface area contributed by atoms with Gasteiger partial charge in [0.1, 0.15) is 5.76 Å². The summed E-state index contributed by atoms with van der Waals surface area (Å²) >= 11 is 0. The summed E-state index contributed by atoms with van der Waals surface area (Å²) in [6.45, 7) is 0.0585. The molecule has 0 amide bonds. The zero-order chi connectivity index (χ0) is 21.9. The fourth-order valence-corrected chi connectivity index (χ4v) is 4.23. The Morgan fingerprint density at radius 1 is 1.33 bits per heavy atom. The van der Waals surface area contributed by atoms with E-state index in [2.05, 4.69) is 0 Å². The zero-order valence-corrected chi connectivity index (χ0v) is 18.2. The van der Waals surface area contributed by atoms with Gasteiger partial charge < -0.3 is 20.1 Å². The van der Waals surface area contributed by atoms with E-state index in [9.17, 15) is 19.2 Å². The molecule has 0 heterocycles. The van der Waals surface area contributed by atoms with Gasteiger partial charge in [0, 0.05) is 48.2 Å². The minimum atomic E-state index is -1.19. The number of aliphatic hydroxyl groups is 3. The van der Waals surface area contributed by atoms with E-state index in [1.165, 1.54) is 0 Å². The van der Waals surface area contributed by atoms with Crippen LogP contribution in [0.2, 0.25) is 0 Å². The maximum absolute atomic E-state index is 12.1. The van der Waals surface area contributed by atoms with E-state index in [4.69, 9.17) is 9.84 Å². The van der Waals surface area contributed by atoms with Crippen LogP contribution in [0.25, 0.3) is 0 Å². The van der Waals surface area contributed by atoms with E-state index < -0.39 is 23.2 Å². The summed E-state index contributed by atoms with van der Waals surface area (Å²) in [5.41, 5.74) is 1.67. The standard InChI is InChI=1S/C23H32O6S/c1-30(28)21(15-18-8-4-12-22(18)26)16-23(27)29-20-11-3-7-17(14-20)6-2-9-19(25)10-5-13-24/h2-3,6-9,11,19,21,23-25,27H,4-5,10,12-16H2,1H3. The van der Waals surface area contributed by atoms with Gasteiger partial charge in [0.05, 0.1) is 6.10 Å². The van der Waals surface area contributed by atoms with E-state index in [1.807, 2.05) is 24.3 Å². The molecular formula is C23H32O6S. The first-order valence-electron chi connectivity index (χ1n) is 10.3. The van der Waals surface area contributed by atoms with Gasteiger partial charge in [-0.1, -0.05) is 36.5 Å². The van der Waals surface area contributed by atoms with Gasteiger partial charge in [0.25, 0.3) is 0 Å². The number of aliphatic hydroxyl groups excluding tert-OH is 3. The second-order valence-corrected chi connectivity index (χ2v) is 9.22. The van der Waals surface area contributed by atoms with Crippen molar-refractivity contribution in [1.29, 1.82) is 0 Å². The Kier molecular flexibility index (Phi) is 10.4. The summed E-state index contributed by atoms with van der Waals surface area (Å²) in [6.07, 6.45) is 16.0. The third kappa shape index (κ3) is 8.52.